The van der Waals surface area contributed by atoms with Gasteiger partial charge in [-0.05, 0) is 37.0 Å². The molecule has 0 saturated heterocycles. The van der Waals surface area contributed by atoms with Gasteiger partial charge in [0.2, 0.25) is 5.75 Å². The Kier molecular flexibility index (Phi) is 5.50. The van der Waals surface area contributed by atoms with Gasteiger partial charge in [-0.1, -0.05) is 30.3 Å². The molecule has 0 aliphatic carbocycles. The molecule has 2 rings (SSSR count). The fourth-order valence-corrected chi connectivity index (χ4v) is 2.39. The second-order valence-corrected chi connectivity index (χ2v) is 4.74. The maximum absolute atomic E-state index is 5.48. The number of methoxy groups -OCH3 is 3. The van der Waals surface area contributed by atoms with Gasteiger partial charge in [-0.25, -0.2) is 0 Å². The molecule has 0 N–H and O–H groups in total. The second-order valence-electron chi connectivity index (χ2n) is 4.74. The Morgan fingerprint density at radius 2 is 1.57 bits per heavy atom. The maximum Gasteiger partial charge on any atom is 0.203 e. The highest BCUT2D eigenvalue weighted by Crippen LogP contribution is 2.39. The largest absolute Gasteiger partial charge is 0.493 e. The van der Waals surface area contributed by atoms with Crippen LogP contribution in [0.5, 0.6) is 17.2 Å². The Bertz CT molecular complexity index is 564. The molecule has 2 aromatic carbocycles. The first-order valence-corrected chi connectivity index (χ1v) is 7.03. The number of benzene rings is 2. The molecule has 0 atom stereocenters. The fraction of sp³-hybridized carbons (Fsp3) is 0.333. The van der Waals surface area contributed by atoms with E-state index < -0.39 is 0 Å². The number of hydrogen-bond donors (Lipinski definition) is 0. The van der Waals surface area contributed by atoms with E-state index >= 15 is 0 Å². The Hall–Kier alpha value is -2.16. The van der Waals surface area contributed by atoms with E-state index in [2.05, 4.69) is 30.3 Å². The summed E-state index contributed by atoms with van der Waals surface area (Å²) in [7, 11) is 4.88. The summed E-state index contributed by atoms with van der Waals surface area (Å²) < 4.78 is 16.1. The van der Waals surface area contributed by atoms with Crippen molar-refractivity contribution in [2.75, 3.05) is 21.3 Å². The van der Waals surface area contributed by atoms with Crippen molar-refractivity contribution in [1.29, 1.82) is 0 Å². The molecule has 0 amide bonds. The fourth-order valence-electron chi connectivity index (χ4n) is 2.39. The molecule has 0 fully saturated rings. The maximum atomic E-state index is 5.48. The molecule has 0 aromatic heterocycles. The van der Waals surface area contributed by atoms with Crippen molar-refractivity contribution in [3.05, 3.63) is 53.6 Å². The molecule has 0 unspecified atom stereocenters. The zero-order valence-corrected chi connectivity index (χ0v) is 12.8. The third kappa shape index (κ3) is 3.69. The Balaban J connectivity index is 2.09. The topological polar surface area (TPSA) is 27.7 Å². The van der Waals surface area contributed by atoms with Crippen LogP contribution in [-0.2, 0) is 12.8 Å². The summed E-state index contributed by atoms with van der Waals surface area (Å²) in [5, 5.41) is 0. The lowest BCUT2D eigenvalue weighted by atomic mass is 10.0. The molecule has 0 bridgehead atoms. The highest BCUT2D eigenvalue weighted by Gasteiger charge is 2.15. The van der Waals surface area contributed by atoms with Gasteiger partial charge in [-0.3, -0.25) is 0 Å². The monoisotopic (exact) mass is 285 g/mol. The predicted octanol–water partition coefficient (Wildman–Crippen LogP) is 3.69. The standard InChI is InChI=1S/C18H21O3/c1-19-16-13-12-15(17(20-2)18(16)21-3)11-7-10-14-8-5-4-6-9-14/h4-6,8-9,13H,7,10-11H2,1-3H3. The lowest BCUT2D eigenvalue weighted by molar-refractivity contribution is 0.322. The quantitative estimate of drug-likeness (QED) is 0.776. The van der Waals surface area contributed by atoms with Crippen LogP contribution in [0.2, 0.25) is 0 Å². The van der Waals surface area contributed by atoms with Crippen LogP contribution >= 0.6 is 0 Å². The lowest BCUT2D eigenvalue weighted by Crippen LogP contribution is -2.00. The zero-order valence-electron chi connectivity index (χ0n) is 12.8. The summed E-state index contributed by atoms with van der Waals surface area (Å²) in [5.41, 5.74) is 2.36. The molecule has 3 nitrogen and oxygen atoms in total. The molecule has 0 aliphatic heterocycles. The molecule has 0 heterocycles. The van der Waals surface area contributed by atoms with Gasteiger partial charge < -0.3 is 14.2 Å². The van der Waals surface area contributed by atoms with E-state index in [4.69, 9.17) is 14.2 Å². The molecule has 111 valence electrons. The van der Waals surface area contributed by atoms with Gasteiger partial charge in [0.25, 0.3) is 0 Å². The first-order chi connectivity index (χ1) is 10.3. The van der Waals surface area contributed by atoms with Crippen LogP contribution in [0.3, 0.4) is 0 Å². The Morgan fingerprint density at radius 1 is 0.857 bits per heavy atom. The van der Waals surface area contributed by atoms with Crippen molar-refractivity contribution >= 4 is 0 Å². The zero-order chi connectivity index (χ0) is 15.1. The second kappa shape index (κ2) is 7.58. The van der Waals surface area contributed by atoms with Gasteiger partial charge in [-0.15, -0.1) is 0 Å². The average molecular weight is 285 g/mol. The van der Waals surface area contributed by atoms with Crippen LogP contribution in [0, 0.1) is 6.07 Å². The minimum absolute atomic E-state index is 0.633. The van der Waals surface area contributed by atoms with E-state index in [0.29, 0.717) is 17.2 Å². The average Bonchev–Trinajstić information content (AvgIpc) is 2.55. The van der Waals surface area contributed by atoms with Gasteiger partial charge >= 0.3 is 0 Å². The van der Waals surface area contributed by atoms with E-state index in [1.54, 1.807) is 27.4 Å². The third-order valence-electron chi connectivity index (χ3n) is 3.44. The van der Waals surface area contributed by atoms with E-state index in [1.807, 2.05) is 6.07 Å². The summed E-state index contributed by atoms with van der Waals surface area (Å²) in [6.45, 7) is 0. The van der Waals surface area contributed by atoms with Gasteiger partial charge in [0, 0.05) is 5.56 Å². The molecule has 2 aromatic rings. The van der Waals surface area contributed by atoms with Gasteiger partial charge in [-0.2, -0.15) is 0 Å². The van der Waals surface area contributed by atoms with Crippen LogP contribution in [0.1, 0.15) is 17.5 Å². The van der Waals surface area contributed by atoms with Crippen molar-refractivity contribution < 1.29 is 14.2 Å². The third-order valence-corrected chi connectivity index (χ3v) is 3.44. The smallest absolute Gasteiger partial charge is 0.203 e. The molecule has 0 saturated carbocycles. The van der Waals surface area contributed by atoms with Crippen molar-refractivity contribution in [2.45, 2.75) is 19.3 Å². The van der Waals surface area contributed by atoms with Crippen molar-refractivity contribution in [2.24, 2.45) is 0 Å². The highest BCUT2D eigenvalue weighted by atomic mass is 16.5. The summed E-state index contributed by atoms with van der Waals surface area (Å²) in [6.07, 6.45) is 2.96. The van der Waals surface area contributed by atoms with Crippen LogP contribution in [0.4, 0.5) is 0 Å². The number of ether oxygens (including phenoxy) is 3. The molecule has 21 heavy (non-hydrogen) atoms. The molecule has 0 spiro atoms. The molecular formula is C18H21O3. The van der Waals surface area contributed by atoms with E-state index in [1.165, 1.54) is 5.56 Å². The van der Waals surface area contributed by atoms with Crippen molar-refractivity contribution in [3.63, 3.8) is 0 Å². The number of hydrogen-bond acceptors (Lipinski definition) is 3. The Morgan fingerprint density at radius 3 is 2.19 bits per heavy atom. The normalized spacial score (nSPS) is 10.2. The minimum atomic E-state index is 0.633. The lowest BCUT2D eigenvalue weighted by Gasteiger charge is -2.15. The van der Waals surface area contributed by atoms with Gasteiger partial charge in [0.05, 0.1) is 21.3 Å². The molecule has 0 aliphatic rings. The minimum Gasteiger partial charge on any atom is -0.493 e. The summed E-state index contributed by atoms with van der Waals surface area (Å²) in [6, 6.07) is 15.5. The molecular weight excluding hydrogens is 264 g/mol. The summed E-state index contributed by atoms with van der Waals surface area (Å²) in [5.74, 6) is 1.99. The van der Waals surface area contributed by atoms with Crippen LogP contribution < -0.4 is 14.2 Å². The molecule has 1 radical (unpaired) electrons. The van der Waals surface area contributed by atoms with E-state index in [9.17, 15) is 0 Å². The summed E-state index contributed by atoms with van der Waals surface area (Å²) in [4.78, 5) is 0. The predicted molar refractivity (Wildman–Crippen MR) is 83.4 cm³/mol. The van der Waals surface area contributed by atoms with Crippen LogP contribution in [0.15, 0.2) is 36.4 Å². The van der Waals surface area contributed by atoms with Crippen molar-refractivity contribution in [3.8, 4) is 17.2 Å². The van der Waals surface area contributed by atoms with E-state index in [0.717, 1.165) is 24.8 Å². The summed E-state index contributed by atoms with van der Waals surface area (Å²) >= 11 is 0. The SMILES string of the molecule is COc1c[c]c(CCCc2ccccc2)c(OC)c1OC. The van der Waals surface area contributed by atoms with Gasteiger partial charge in [0.15, 0.2) is 11.5 Å². The van der Waals surface area contributed by atoms with E-state index in [-0.39, 0.29) is 0 Å². The highest BCUT2D eigenvalue weighted by molar-refractivity contribution is 5.55. The Labute approximate surface area is 126 Å². The van der Waals surface area contributed by atoms with Crippen molar-refractivity contribution in [1.82, 2.24) is 0 Å². The van der Waals surface area contributed by atoms with Crippen LogP contribution in [0.25, 0.3) is 0 Å². The first kappa shape index (κ1) is 15.2. The first-order valence-electron chi connectivity index (χ1n) is 7.03. The van der Waals surface area contributed by atoms with Crippen LogP contribution in [-0.4, -0.2) is 21.3 Å². The number of rotatable bonds is 7. The molecule has 3 heteroatoms. The number of aryl methyl sites for hydroxylation is 2. The van der Waals surface area contributed by atoms with Gasteiger partial charge in [0.1, 0.15) is 0 Å².